The number of carbonyl (C=O) groups is 1. The molecule has 0 aliphatic carbocycles. The van der Waals surface area contributed by atoms with E-state index in [9.17, 15) is 4.79 Å². The molecule has 0 radical (unpaired) electrons. The molecule has 2 N–H and O–H groups in total. The molecule has 28 heavy (non-hydrogen) atoms. The van der Waals surface area contributed by atoms with Crippen LogP contribution < -0.4 is 15.5 Å². The van der Waals surface area contributed by atoms with Gasteiger partial charge in [0.05, 0.1) is 0 Å². The number of aryl methyl sites for hydroxylation is 1. The van der Waals surface area contributed by atoms with Gasteiger partial charge in [-0.05, 0) is 25.6 Å². The summed E-state index contributed by atoms with van der Waals surface area (Å²) in [5, 5.41) is 5.96. The van der Waals surface area contributed by atoms with E-state index in [0.29, 0.717) is 36.4 Å². The molecule has 1 aliphatic heterocycles. The van der Waals surface area contributed by atoms with E-state index in [1.54, 1.807) is 18.2 Å². The summed E-state index contributed by atoms with van der Waals surface area (Å²) in [6.45, 7) is 8.38. The fourth-order valence-corrected chi connectivity index (χ4v) is 2.84. The number of amides is 1. The molecule has 0 saturated carbocycles. The van der Waals surface area contributed by atoms with Gasteiger partial charge in [0.15, 0.2) is 0 Å². The van der Waals surface area contributed by atoms with Gasteiger partial charge in [-0.3, -0.25) is 4.79 Å². The summed E-state index contributed by atoms with van der Waals surface area (Å²) in [5.74, 6) is 2.19. The predicted octanol–water partition coefficient (Wildman–Crippen LogP) is 1.46. The molecule has 1 saturated heterocycles. The third-order valence-corrected chi connectivity index (χ3v) is 4.53. The van der Waals surface area contributed by atoms with Crippen LogP contribution in [-0.4, -0.2) is 70.5 Å². The summed E-state index contributed by atoms with van der Waals surface area (Å²) in [4.78, 5) is 34.6. The van der Waals surface area contributed by atoms with E-state index in [0.717, 1.165) is 38.4 Å². The molecule has 3 heterocycles. The van der Waals surface area contributed by atoms with Crippen molar-refractivity contribution < 1.29 is 4.79 Å². The van der Waals surface area contributed by atoms with Gasteiger partial charge in [0.1, 0.15) is 17.3 Å². The first kappa shape index (κ1) is 19.9. The number of pyridine rings is 1. The van der Waals surface area contributed by atoms with Gasteiger partial charge in [-0.1, -0.05) is 19.9 Å². The van der Waals surface area contributed by atoms with Crippen molar-refractivity contribution in [3.05, 3.63) is 29.7 Å². The SMILES string of the molecule is CCCNC(=O)c1cccc(Nc2nc(CC)nc(N3CCN(C)CC3)n2)n1. The molecule has 0 aromatic carbocycles. The van der Waals surface area contributed by atoms with Crippen molar-refractivity contribution in [2.24, 2.45) is 0 Å². The van der Waals surface area contributed by atoms with Crippen LogP contribution in [0, 0.1) is 0 Å². The lowest BCUT2D eigenvalue weighted by Crippen LogP contribution is -2.45. The number of hydrogen-bond acceptors (Lipinski definition) is 8. The van der Waals surface area contributed by atoms with Crippen LogP contribution in [0.5, 0.6) is 0 Å². The lowest BCUT2D eigenvalue weighted by Gasteiger charge is -2.32. The maximum atomic E-state index is 12.1. The van der Waals surface area contributed by atoms with Gasteiger partial charge in [-0.15, -0.1) is 0 Å². The Labute approximate surface area is 165 Å². The highest BCUT2D eigenvalue weighted by atomic mass is 16.1. The molecular formula is C19H28N8O. The Hall–Kier alpha value is -2.81. The molecular weight excluding hydrogens is 356 g/mol. The average molecular weight is 384 g/mol. The zero-order valence-electron chi connectivity index (χ0n) is 16.8. The summed E-state index contributed by atoms with van der Waals surface area (Å²) in [6, 6.07) is 5.28. The van der Waals surface area contributed by atoms with Crippen LogP contribution in [0.1, 0.15) is 36.6 Å². The van der Waals surface area contributed by atoms with Crippen molar-refractivity contribution in [3.8, 4) is 0 Å². The summed E-state index contributed by atoms with van der Waals surface area (Å²) in [5.41, 5.74) is 0.363. The molecule has 9 heteroatoms. The maximum absolute atomic E-state index is 12.1. The van der Waals surface area contributed by atoms with E-state index in [-0.39, 0.29) is 5.91 Å². The molecule has 3 rings (SSSR count). The van der Waals surface area contributed by atoms with Crippen LogP contribution in [0.2, 0.25) is 0 Å². The first-order valence-electron chi connectivity index (χ1n) is 9.79. The highest BCUT2D eigenvalue weighted by Crippen LogP contribution is 2.16. The summed E-state index contributed by atoms with van der Waals surface area (Å²) in [6.07, 6.45) is 1.59. The van der Waals surface area contributed by atoms with Crippen molar-refractivity contribution in [2.45, 2.75) is 26.7 Å². The van der Waals surface area contributed by atoms with Gasteiger partial charge in [-0.2, -0.15) is 15.0 Å². The first-order valence-corrected chi connectivity index (χ1v) is 9.79. The van der Waals surface area contributed by atoms with Crippen LogP contribution in [0.4, 0.5) is 17.7 Å². The molecule has 2 aromatic rings. The number of likely N-dealkylation sites (N-methyl/N-ethyl adjacent to an activating group) is 1. The largest absolute Gasteiger partial charge is 0.351 e. The molecule has 150 valence electrons. The molecule has 1 amide bonds. The summed E-state index contributed by atoms with van der Waals surface area (Å²) >= 11 is 0. The van der Waals surface area contributed by atoms with Crippen molar-refractivity contribution in [3.63, 3.8) is 0 Å². The van der Waals surface area contributed by atoms with Crippen LogP contribution in [0.3, 0.4) is 0 Å². The molecule has 9 nitrogen and oxygen atoms in total. The van der Waals surface area contributed by atoms with Crippen molar-refractivity contribution in [2.75, 3.05) is 50.0 Å². The summed E-state index contributed by atoms with van der Waals surface area (Å²) < 4.78 is 0. The molecule has 0 bridgehead atoms. The fraction of sp³-hybridized carbons (Fsp3) is 0.526. The standard InChI is InChI=1S/C19H28N8O/c1-4-9-20-17(28)14-7-6-8-16(21-14)23-18-22-15(5-2)24-19(25-18)27-12-10-26(3)11-13-27/h6-8H,4-5,9-13H2,1-3H3,(H,20,28)(H,21,22,23,24,25). The van der Waals surface area contributed by atoms with E-state index in [4.69, 9.17) is 0 Å². The third-order valence-electron chi connectivity index (χ3n) is 4.53. The minimum atomic E-state index is -0.187. The lowest BCUT2D eigenvalue weighted by atomic mass is 10.3. The lowest BCUT2D eigenvalue weighted by molar-refractivity contribution is 0.0949. The van der Waals surface area contributed by atoms with Crippen LogP contribution in [0.15, 0.2) is 18.2 Å². The number of aromatic nitrogens is 4. The zero-order chi connectivity index (χ0) is 19.9. The number of anilines is 3. The Bertz CT molecular complexity index is 804. The Morgan fingerprint density at radius 2 is 1.86 bits per heavy atom. The van der Waals surface area contributed by atoms with Crippen LogP contribution >= 0.6 is 0 Å². The molecule has 0 atom stereocenters. The number of nitrogens with one attached hydrogen (secondary N) is 2. The van der Waals surface area contributed by atoms with E-state index in [1.807, 2.05) is 13.8 Å². The minimum absolute atomic E-state index is 0.187. The van der Waals surface area contributed by atoms with E-state index < -0.39 is 0 Å². The van der Waals surface area contributed by atoms with Gasteiger partial charge in [-0.25, -0.2) is 4.98 Å². The van der Waals surface area contributed by atoms with Crippen molar-refractivity contribution in [1.29, 1.82) is 0 Å². The van der Waals surface area contributed by atoms with Gasteiger partial charge < -0.3 is 20.4 Å². The van der Waals surface area contributed by atoms with Crippen molar-refractivity contribution in [1.82, 2.24) is 30.2 Å². The second-order valence-corrected chi connectivity index (χ2v) is 6.81. The monoisotopic (exact) mass is 384 g/mol. The first-order chi connectivity index (χ1) is 13.6. The zero-order valence-corrected chi connectivity index (χ0v) is 16.8. The van der Waals surface area contributed by atoms with E-state index in [2.05, 4.69) is 47.4 Å². The Morgan fingerprint density at radius 1 is 1.07 bits per heavy atom. The molecule has 0 spiro atoms. The minimum Gasteiger partial charge on any atom is -0.351 e. The second kappa shape index (κ2) is 9.41. The van der Waals surface area contributed by atoms with E-state index >= 15 is 0 Å². The maximum Gasteiger partial charge on any atom is 0.269 e. The average Bonchev–Trinajstić information content (AvgIpc) is 2.72. The molecule has 2 aromatic heterocycles. The highest BCUT2D eigenvalue weighted by molar-refractivity contribution is 5.92. The normalized spacial score (nSPS) is 14.8. The number of carbonyl (C=O) groups excluding carboxylic acids is 1. The van der Waals surface area contributed by atoms with Gasteiger partial charge in [0.25, 0.3) is 5.91 Å². The predicted molar refractivity (Wildman–Crippen MR) is 109 cm³/mol. The highest BCUT2D eigenvalue weighted by Gasteiger charge is 2.18. The Balaban J connectivity index is 1.78. The van der Waals surface area contributed by atoms with Crippen molar-refractivity contribution >= 4 is 23.6 Å². The Kier molecular flexibility index (Phi) is 6.70. The summed E-state index contributed by atoms with van der Waals surface area (Å²) in [7, 11) is 2.12. The smallest absolute Gasteiger partial charge is 0.269 e. The molecule has 1 aliphatic rings. The number of hydrogen-bond donors (Lipinski definition) is 2. The van der Waals surface area contributed by atoms with Gasteiger partial charge in [0, 0.05) is 39.1 Å². The topological polar surface area (TPSA) is 99.2 Å². The molecule has 1 fully saturated rings. The second-order valence-electron chi connectivity index (χ2n) is 6.81. The molecule has 0 unspecified atom stereocenters. The number of nitrogens with zero attached hydrogens (tertiary/aromatic N) is 6. The van der Waals surface area contributed by atoms with Crippen LogP contribution in [0.25, 0.3) is 0 Å². The fourth-order valence-electron chi connectivity index (χ4n) is 2.84. The number of piperazine rings is 1. The number of rotatable bonds is 7. The van der Waals surface area contributed by atoms with Gasteiger partial charge >= 0.3 is 0 Å². The van der Waals surface area contributed by atoms with E-state index in [1.165, 1.54) is 0 Å². The third kappa shape index (κ3) is 5.13. The van der Waals surface area contributed by atoms with Crippen LogP contribution in [-0.2, 0) is 6.42 Å². The Morgan fingerprint density at radius 3 is 2.57 bits per heavy atom. The van der Waals surface area contributed by atoms with Gasteiger partial charge in [0.2, 0.25) is 11.9 Å². The quantitative estimate of drug-likeness (QED) is 0.740.